The summed E-state index contributed by atoms with van der Waals surface area (Å²) in [6, 6.07) is 15.9. The van der Waals surface area contributed by atoms with Crippen LogP contribution in [0.15, 0.2) is 67.3 Å². The fourth-order valence-corrected chi connectivity index (χ4v) is 3.36. The van der Waals surface area contributed by atoms with E-state index in [1.807, 2.05) is 59.3 Å². The summed E-state index contributed by atoms with van der Waals surface area (Å²) >= 11 is 1.60. The highest BCUT2D eigenvalue weighted by molar-refractivity contribution is 7.99. The summed E-state index contributed by atoms with van der Waals surface area (Å²) in [7, 11) is 1.65. The molecule has 0 fully saturated rings. The van der Waals surface area contributed by atoms with E-state index in [0.717, 1.165) is 22.8 Å². The van der Waals surface area contributed by atoms with Gasteiger partial charge in [-0.1, -0.05) is 30.3 Å². The fraction of sp³-hybridized carbons (Fsp3) is 0.200. The zero-order chi connectivity index (χ0) is 18.2. The Morgan fingerprint density at radius 3 is 2.73 bits per heavy atom. The van der Waals surface area contributed by atoms with Crippen LogP contribution in [0.3, 0.4) is 0 Å². The third-order valence-corrected chi connectivity index (χ3v) is 4.91. The van der Waals surface area contributed by atoms with E-state index in [-0.39, 0.29) is 5.91 Å². The second-order valence-corrected chi connectivity index (χ2v) is 6.70. The number of amides is 1. The van der Waals surface area contributed by atoms with Gasteiger partial charge < -0.3 is 14.6 Å². The minimum absolute atomic E-state index is 0.0314. The van der Waals surface area contributed by atoms with Crippen molar-refractivity contribution in [3.8, 4) is 11.4 Å². The smallest absolute Gasteiger partial charge is 0.230 e. The van der Waals surface area contributed by atoms with Gasteiger partial charge in [0.2, 0.25) is 5.91 Å². The highest BCUT2D eigenvalue weighted by Crippen LogP contribution is 2.17. The summed E-state index contributed by atoms with van der Waals surface area (Å²) in [5.74, 6) is 2.10. The number of imidazole rings is 1. The molecule has 26 heavy (non-hydrogen) atoms. The number of nitrogens with zero attached hydrogens (tertiary/aromatic N) is 2. The number of methoxy groups -OCH3 is 1. The number of para-hydroxylation sites is 1. The normalized spacial score (nSPS) is 10.5. The first-order chi connectivity index (χ1) is 12.8. The molecular formula is C20H21N3O2S. The van der Waals surface area contributed by atoms with Gasteiger partial charge in [0.1, 0.15) is 5.75 Å². The molecule has 0 aliphatic carbocycles. The van der Waals surface area contributed by atoms with Crippen molar-refractivity contribution < 1.29 is 9.53 Å². The van der Waals surface area contributed by atoms with Crippen LogP contribution in [-0.4, -0.2) is 28.3 Å². The van der Waals surface area contributed by atoms with E-state index >= 15 is 0 Å². The van der Waals surface area contributed by atoms with Crippen LogP contribution in [0.4, 0.5) is 0 Å². The molecule has 1 N–H and O–H groups in total. The third-order valence-electron chi connectivity index (χ3n) is 3.91. The Balaban J connectivity index is 1.47. The van der Waals surface area contributed by atoms with Gasteiger partial charge in [0.15, 0.2) is 0 Å². The van der Waals surface area contributed by atoms with Crippen molar-refractivity contribution in [3.05, 3.63) is 78.4 Å². The van der Waals surface area contributed by atoms with E-state index in [9.17, 15) is 4.79 Å². The second kappa shape index (κ2) is 9.10. The van der Waals surface area contributed by atoms with E-state index in [1.54, 1.807) is 31.4 Å². The van der Waals surface area contributed by atoms with Crippen LogP contribution in [0.25, 0.3) is 5.69 Å². The zero-order valence-electron chi connectivity index (χ0n) is 14.6. The first-order valence-electron chi connectivity index (χ1n) is 8.30. The van der Waals surface area contributed by atoms with Crippen LogP contribution in [0, 0.1) is 0 Å². The topological polar surface area (TPSA) is 56.1 Å². The Kier molecular flexibility index (Phi) is 6.33. The summed E-state index contributed by atoms with van der Waals surface area (Å²) < 4.78 is 7.09. The number of benzene rings is 2. The maximum Gasteiger partial charge on any atom is 0.230 e. The first-order valence-corrected chi connectivity index (χ1v) is 9.45. The van der Waals surface area contributed by atoms with Crippen LogP contribution in [-0.2, 0) is 17.1 Å². The molecule has 0 radical (unpaired) electrons. The number of ether oxygens (including phenoxy) is 1. The SMILES string of the molecule is COc1ccc(CSCC(=O)NCc2ccccc2-n2ccnc2)cc1. The van der Waals surface area contributed by atoms with Gasteiger partial charge in [-0.05, 0) is 29.3 Å². The van der Waals surface area contributed by atoms with Crippen LogP contribution in [0.5, 0.6) is 5.75 Å². The van der Waals surface area contributed by atoms with Gasteiger partial charge in [-0.15, -0.1) is 11.8 Å². The lowest BCUT2D eigenvalue weighted by atomic mass is 10.1. The fourth-order valence-electron chi connectivity index (χ4n) is 2.54. The lowest BCUT2D eigenvalue weighted by Crippen LogP contribution is -2.25. The summed E-state index contributed by atoms with van der Waals surface area (Å²) in [4.78, 5) is 16.2. The molecule has 1 aromatic heterocycles. The van der Waals surface area contributed by atoms with Crippen molar-refractivity contribution in [2.24, 2.45) is 0 Å². The number of hydrogen-bond acceptors (Lipinski definition) is 4. The number of carbonyl (C=O) groups is 1. The third kappa shape index (κ3) is 4.89. The molecule has 0 aliphatic rings. The quantitative estimate of drug-likeness (QED) is 0.663. The highest BCUT2D eigenvalue weighted by Gasteiger charge is 2.06. The van der Waals surface area contributed by atoms with Gasteiger partial charge in [-0.3, -0.25) is 4.79 Å². The Morgan fingerprint density at radius 2 is 2.00 bits per heavy atom. The monoisotopic (exact) mass is 367 g/mol. The zero-order valence-corrected chi connectivity index (χ0v) is 15.4. The van der Waals surface area contributed by atoms with Crippen molar-refractivity contribution >= 4 is 17.7 Å². The van der Waals surface area contributed by atoms with Gasteiger partial charge in [-0.25, -0.2) is 4.98 Å². The molecule has 3 aromatic rings. The Bertz CT molecular complexity index is 833. The van der Waals surface area contributed by atoms with Crippen LogP contribution in [0.1, 0.15) is 11.1 Å². The predicted molar refractivity (Wildman–Crippen MR) is 105 cm³/mol. The number of rotatable bonds is 8. The van der Waals surface area contributed by atoms with Crippen molar-refractivity contribution in [3.63, 3.8) is 0 Å². The van der Waals surface area contributed by atoms with Crippen molar-refractivity contribution in [2.45, 2.75) is 12.3 Å². The molecule has 2 aromatic carbocycles. The number of hydrogen-bond donors (Lipinski definition) is 1. The maximum atomic E-state index is 12.1. The standard InChI is InChI=1S/C20H21N3O2S/c1-25-18-8-6-16(7-9-18)13-26-14-20(24)22-12-17-4-2-3-5-19(17)23-11-10-21-15-23/h2-11,15H,12-14H2,1H3,(H,22,24). The Morgan fingerprint density at radius 1 is 1.19 bits per heavy atom. The molecule has 0 atom stereocenters. The van der Waals surface area contributed by atoms with Crippen molar-refractivity contribution in [1.29, 1.82) is 0 Å². The first kappa shape index (κ1) is 18.1. The van der Waals surface area contributed by atoms with Crippen LogP contribution in [0.2, 0.25) is 0 Å². The molecule has 1 amide bonds. The minimum Gasteiger partial charge on any atom is -0.497 e. The van der Waals surface area contributed by atoms with E-state index in [2.05, 4.69) is 10.3 Å². The molecule has 6 heteroatoms. The Labute approximate surface area is 157 Å². The van der Waals surface area contributed by atoms with E-state index < -0.39 is 0 Å². The molecule has 0 spiro atoms. The van der Waals surface area contributed by atoms with Gasteiger partial charge in [-0.2, -0.15) is 0 Å². The van der Waals surface area contributed by atoms with Gasteiger partial charge in [0.05, 0.1) is 24.9 Å². The summed E-state index contributed by atoms with van der Waals surface area (Å²) in [6.45, 7) is 0.496. The molecule has 0 saturated heterocycles. The highest BCUT2D eigenvalue weighted by atomic mass is 32.2. The van der Waals surface area contributed by atoms with Crippen LogP contribution >= 0.6 is 11.8 Å². The lowest BCUT2D eigenvalue weighted by Gasteiger charge is -2.11. The van der Waals surface area contributed by atoms with Crippen molar-refractivity contribution in [1.82, 2.24) is 14.9 Å². The van der Waals surface area contributed by atoms with Gasteiger partial charge in [0.25, 0.3) is 0 Å². The summed E-state index contributed by atoms with van der Waals surface area (Å²) in [6.07, 6.45) is 5.39. The minimum atomic E-state index is 0.0314. The van der Waals surface area contributed by atoms with E-state index in [1.165, 1.54) is 5.56 Å². The molecule has 0 unspecified atom stereocenters. The molecule has 134 valence electrons. The Hall–Kier alpha value is -2.73. The molecule has 1 heterocycles. The molecule has 5 nitrogen and oxygen atoms in total. The van der Waals surface area contributed by atoms with Gasteiger partial charge >= 0.3 is 0 Å². The van der Waals surface area contributed by atoms with E-state index in [4.69, 9.17) is 4.74 Å². The molecule has 3 rings (SSSR count). The van der Waals surface area contributed by atoms with Crippen LogP contribution < -0.4 is 10.1 Å². The molecule has 0 saturated carbocycles. The second-order valence-electron chi connectivity index (χ2n) is 5.72. The predicted octanol–water partition coefficient (Wildman–Crippen LogP) is 3.43. The molecule has 0 aliphatic heterocycles. The number of nitrogens with one attached hydrogen (secondary N) is 1. The average molecular weight is 367 g/mol. The largest absolute Gasteiger partial charge is 0.497 e. The molecular weight excluding hydrogens is 346 g/mol. The van der Waals surface area contributed by atoms with Gasteiger partial charge in [0, 0.05) is 24.7 Å². The number of aromatic nitrogens is 2. The average Bonchev–Trinajstić information content (AvgIpc) is 3.22. The maximum absolute atomic E-state index is 12.1. The summed E-state index contributed by atoms with van der Waals surface area (Å²) in [5.41, 5.74) is 3.25. The van der Waals surface area contributed by atoms with Crippen molar-refractivity contribution in [2.75, 3.05) is 12.9 Å². The van der Waals surface area contributed by atoms with E-state index in [0.29, 0.717) is 12.3 Å². The number of carbonyl (C=O) groups excluding carboxylic acids is 1. The summed E-state index contributed by atoms with van der Waals surface area (Å²) in [5, 5.41) is 2.99. The molecule has 0 bridgehead atoms. The number of thioether (sulfide) groups is 1. The lowest BCUT2D eigenvalue weighted by molar-refractivity contribution is -0.118.